The van der Waals surface area contributed by atoms with E-state index < -0.39 is 23.8 Å². The smallest absolute Gasteiger partial charge is 0.276 e. The molecule has 230 valence electrons. The molecule has 4 aliphatic carbocycles. The molecule has 0 spiro atoms. The van der Waals surface area contributed by atoms with Crippen molar-refractivity contribution in [2.24, 2.45) is 17.8 Å². The zero-order valence-electron chi connectivity index (χ0n) is 23.4. The number of alkyl halides is 4. The molecule has 10 nitrogen and oxygen atoms in total. The van der Waals surface area contributed by atoms with Crippen molar-refractivity contribution in [2.75, 3.05) is 0 Å². The van der Waals surface area contributed by atoms with E-state index in [4.69, 9.17) is 14.6 Å². The summed E-state index contributed by atoms with van der Waals surface area (Å²) in [4.78, 5) is 35.5. The van der Waals surface area contributed by atoms with Gasteiger partial charge in [0.2, 0.25) is 23.5 Å². The number of halogens is 4. The number of rotatable bonds is 10. The van der Waals surface area contributed by atoms with E-state index >= 15 is 0 Å². The predicted molar refractivity (Wildman–Crippen MR) is 142 cm³/mol. The second-order valence-electron chi connectivity index (χ2n) is 12.9. The molecule has 0 aromatic carbocycles. The lowest BCUT2D eigenvalue weighted by Crippen LogP contribution is -2.39. The average Bonchev–Trinajstić information content (AvgIpc) is 3.87. The van der Waals surface area contributed by atoms with Gasteiger partial charge in [0.25, 0.3) is 5.91 Å². The number of fused-ring (bicyclic) bond motifs is 1. The van der Waals surface area contributed by atoms with E-state index in [9.17, 15) is 27.2 Å². The van der Waals surface area contributed by atoms with Crippen LogP contribution in [0.25, 0.3) is 5.78 Å². The fourth-order valence-electron chi connectivity index (χ4n) is 6.53. The monoisotopic (exact) mass is 603 g/mol. The standard InChI is InChI=1S/C29H33F4N7O3/c30-28(31)8-5-18(6-9-28)23(37-26(42)25-24(17-3-4-17)38-43-39-25)20-14-40-10-7-19(34-27(40)35-20)22(16-1-2-16)36-21(41)11-15-12-29(32,33)13-15/h7,10,14-18,22-23H,1-6,8-9,11-13H2,(H,36,41)(H,37,42)/t22-,23+/m1/s1. The average molecular weight is 604 g/mol. The third kappa shape index (κ3) is 6.10. The van der Waals surface area contributed by atoms with Crippen LogP contribution in [-0.2, 0) is 4.79 Å². The van der Waals surface area contributed by atoms with Crippen molar-refractivity contribution in [3.63, 3.8) is 0 Å². The van der Waals surface area contributed by atoms with Gasteiger partial charge < -0.3 is 10.6 Å². The van der Waals surface area contributed by atoms with E-state index in [0.717, 1.165) is 25.7 Å². The first-order chi connectivity index (χ1) is 20.5. The van der Waals surface area contributed by atoms with Gasteiger partial charge in [-0.05, 0) is 67.5 Å². The quantitative estimate of drug-likeness (QED) is 0.302. The van der Waals surface area contributed by atoms with Crippen LogP contribution in [-0.4, -0.2) is 48.3 Å². The normalized spacial score (nSPS) is 23.4. The summed E-state index contributed by atoms with van der Waals surface area (Å²) in [5.41, 5.74) is 1.70. The lowest BCUT2D eigenvalue weighted by Gasteiger charge is -2.34. The maximum atomic E-state index is 14.0. The predicted octanol–water partition coefficient (Wildman–Crippen LogP) is 5.29. The van der Waals surface area contributed by atoms with E-state index in [-0.39, 0.29) is 86.3 Å². The Bertz CT molecular complexity index is 1520. The minimum absolute atomic E-state index is 0.0554. The molecule has 2 atom stereocenters. The van der Waals surface area contributed by atoms with Gasteiger partial charge in [0.05, 0.1) is 23.5 Å². The minimum Gasteiger partial charge on any atom is -0.347 e. The first-order valence-electron chi connectivity index (χ1n) is 15.1. The Hall–Kier alpha value is -3.58. The van der Waals surface area contributed by atoms with E-state index in [1.165, 1.54) is 0 Å². The lowest BCUT2D eigenvalue weighted by atomic mass is 9.79. The van der Waals surface area contributed by atoms with Crippen LogP contribution in [0.4, 0.5) is 17.6 Å². The van der Waals surface area contributed by atoms with Crippen LogP contribution in [0.2, 0.25) is 0 Å². The molecule has 3 aromatic rings. The molecule has 4 aliphatic rings. The number of nitrogens with zero attached hydrogens (tertiary/aromatic N) is 5. The second-order valence-corrected chi connectivity index (χ2v) is 12.9. The summed E-state index contributed by atoms with van der Waals surface area (Å²) in [5, 5.41) is 13.7. The number of nitrogens with one attached hydrogen (secondary N) is 2. The molecule has 7 rings (SSSR count). The Balaban J connectivity index is 1.12. The molecule has 0 saturated heterocycles. The van der Waals surface area contributed by atoms with Gasteiger partial charge in [0.1, 0.15) is 5.69 Å². The molecular weight excluding hydrogens is 570 g/mol. The van der Waals surface area contributed by atoms with Crippen molar-refractivity contribution in [2.45, 2.75) is 100 Å². The van der Waals surface area contributed by atoms with Crippen LogP contribution in [0.5, 0.6) is 0 Å². The van der Waals surface area contributed by atoms with Crippen molar-refractivity contribution in [3.05, 3.63) is 41.2 Å². The van der Waals surface area contributed by atoms with Crippen LogP contribution in [0.1, 0.15) is 116 Å². The molecule has 4 fully saturated rings. The molecule has 4 saturated carbocycles. The molecule has 0 radical (unpaired) electrons. The Labute approximate surface area is 244 Å². The van der Waals surface area contributed by atoms with Crippen LogP contribution >= 0.6 is 0 Å². The number of carbonyl (C=O) groups excluding carboxylic acids is 2. The van der Waals surface area contributed by atoms with Gasteiger partial charge in [0.15, 0.2) is 5.69 Å². The Morgan fingerprint density at radius 1 is 0.907 bits per heavy atom. The summed E-state index contributed by atoms with van der Waals surface area (Å²) < 4.78 is 61.1. The van der Waals surface area contributed by atoms with Crippen molar-refractivity contribution >= 4 is 17.6 Å². The minimum atomic E-state index is -2.74. The summed E-state index contributed by atoms with van der Waals surface area (Å²) in [6.45, 7) is 0. The van der Waals surface area contributed by atoms with Gasteiger partial charge in [0, 0.05) is 50.4 Å². The van der Waals surface area contributed by atoms with Crippen molar-refractivity contribution < 1.29 is 31.8 Å². The maximum absolute atomic E-state index is 14.0. The van der Waals surface area contributed by atoms with E-state index in [1.54, 1.807) is 22.9 Å². The highest BCUT2D eigenvalue weighted by Gasteiger charge is 2.46. The summed E-state index contributed by atoms with van der Waals surface area (Å²) >= 11 is 0. The zero-order chi connectivity index (χ0) is 29.9. The van der Waals surface area contributed by atoms with Crippen LogP contribution in [0.3, 0.4) is 0 Å². The molecular formula is C29H33F4N7O3. The van der Waals surface area contributed by atoms with Gasteiger partial charge in [-0.25, -0.2) is 32.2 Å². The maximum Gasteiger partial charge on any atom is 0.276 e. The SMILES string of the molecule is O=C(CC1CC(F)(F)C1)N[C@@H](c1ccn2cc([C@@H](NC(=O)c3nonc3C3CC3)C3CCC(F)(F)CC3)nc2n1)C1CC1. The van der Waals surface area contributed by atoms with Gasteiger partial charge in [-0.3, -0.25) is 14.0 Å². The highest BCUT2D eigenvalue weighted by atomic mass is 19.3. The summed E-state index contributed by atoms with van der Waals surface area (Å²) in [7, 11) is 0. The molecule has 2 amide bonds. The first-order valence-corrected chi connectivity index (χ1v) is 15.1. The van der Waals surface area contributed by atoms with Crippen LogP contribution in [0, 0.1) is 17.8 Å². The highest BCUT2D eigenvalue weighted by molar-refractivity contribution is 5.93. The fraction of sp³-hybridized carbons (Fsp3) is 0.655. The van der Waals surface area contributed by atoms with E-state index in [1.807, 2.05) is 0 Å². The largest absolute Gasteiger partial charge is 0.347 e. The van der Waals surface area contributed by atoms with E-state index in [2.05, 4.69) is 20.9 Å². The number of amides is 2. The van der Waals surface area contributed by atoms with Gasteiger partial charge in [-0.1, -0.05) is 5.16 Å². The van der Waals surface area contributed by atoms with Gasteiger partial charge in [-0.15, -0.1) is 0 Å². The Kier molecular flexibility index (Phi) is 6.92. The zero-order valence-corrected chi connectivity index (χ0v) is 23.4. The number of hydrogen-bond donors (Lipinski definition) is 2. The molecule has 0 aliphatic heterocycles. The number of hydrogen-bond acceptors (Lipinski definition) is 7. The molecule has 43 heavy (non-hydrogen) atoms. The Morgan fingerprint density at radius 3 is 2.26 bits per heavy atom. The van der Waals surface area contributed by atoms with Crippen molar-refractivity contribution in [1.82, 2.24) is 35.3 Å². The van der Waals surface area contributed by atoms with E-state index in [0.29, 0.717) is 22.9 Å². The number of aromatic nitrogens is 5. The highest BCUT2D eigenvalue weighted by Crippen LogP contribution is 2.45. The molecule has 3 aromatic heterocycles. The Morgan fingerprint density at radius 2 is 1.58 bits per heavy atom. The summed E-state index contributed by atoms with van der Waals surface area (Å²) in [5.74, 6) is -6.10. The van der Waals surface area contributed by atoms with Gasteiger partial charge >= 0.3 is 0 Å². The molecule has 2 N–H and O–H groups in total. The third-order valence-corrected chi connectivity index (χ3v) is 9.28. The van der Waals surface area contributed by atoms with Crippen LogP contribution < -0.4 is 10.6 Å². The topological polar surface area (TPSA) is 127 Å². The molecule has 0 unspecified atom stereocenters. The fourth-order valence-corrected chi connectivity index (χ4v) is 6.53. The molecule has 0 bridgehead atoms. The number of carbonyl (C=O) groups is 2. The van der Waals surface area contributed by atoms with Crippen molar-refractivity contribution in [3.8, 4) is 0 Å². The second kappa shape index (κ2) is 10.5. The summed E-state index contributed by atoms with van der Waals surface area (Å²) in [6.07, 6.45) is 6.51. The van der Waals surface area contributed by atoms with Crippen molar-refractivity contribution in [1.29, 1.82) is 0 Å². The molecule has 14 heteroatoms. The first kappa shape index (κ1) is 28.2. The van der Waals surface area contributed by atoms with Crippen LogP contribution in [0.15, 0.2) is 23.1 Å². The molecule has 3 heterocycles. The third-order valence-electron chi connectivity index (χ3n) is 9.28. The van der Waals surface area contributed by atoms with Gasteiger partial charge in [-0.2, -0.15) is 0 Å². The summed E-state index contributed by atoms with van der Waals surface area (Å²) in [6, 6.07) is 0.753. The lowest BCUT2D eigenvalue weighted by molar-refractivity contribution is -0.134. The number of imidazole rings is 1.